The summed E-state index contributed by atoms with van der Waals surface area (Å²) in [6.07, 6.45) is 1.88. The van der Waals surface area contributed by atoms with Gasteiger partial charge in [-0.25, -0.2) is 4.85 Å². The summed E-state index contributed by atoms with van der Waals surface area (Å²) >= 11 is 0. The molecule has 0 spiro atoms. The summed E-state index contributed by atoms with van der Waals surface area (Å²) in [5.74, 6) is 0.816. The number of hydrogen-bond acceptors (Lipinski definition) is 1. The molecule has 0 aromatic heterocycles. The Hall–Kier alpha value is -2.53. The van der Waals surface area contributed by atoms with E-state index in [1.54, 1.807) is 7.11 Å². The molecule has 0 N–H and O–H groups in total. The van der Waals surface area contributed by atoms with Crippen molar-refractivity contribution in [1.29, 1.82) is 0 Å². The topological polar surface area (TPSA) is 13.6 Å². The molecule has 88 valence electrons. The molecule has 18 heavy (non-hydrogen) atoms. The van der Waals surface area contributed by atoms with Gasteiger partial charge in [0.1, 0.15) is 5.75 Å². The first kappa shape index (κ1) is 11.9. The van der Waals surface area contributed by atoms with Crippen LogP contribution < -0.4 is 4.74 Å². The highest BCUT2D eigenvalue weighted by atomic mass is 16.5. The molecule has 0 fully saturated rings. The lowest BCUT2D eigenvalue weighted by atomic mass is 10.1. The van der Waals surface area contributed by atoms with Crippen LogP contribution in [0.5, 0.6) is 5.75 Å². The third-order valence-corrected chi connectivity index (χ3v) is 2.61. The van der Waals surface area contributed by atoms with Gasteiger partial charge in [0.25, 0.3) is 0 Å². The molecule has 0 unspecified atom stereocenters. The van der Waals surface area contributed by atoms with E-state index in [0.29, 0.717) is 5.70 Å². The van der Waals surface area contributed by atoms with E-state index in [1.807, 2.05) is 60.7 Å². The molecule has 0 aliphatic heterocycles. The second-order valence-electron chi connectivity index (χ2n) is 3.78. The number of rotatable bonds is 3. The fourth-order valence-corrected chi connectivity index (χ4v) is 1.65. The molecule has 0 saturated heterocycles. The third kappa shape index (κ3) is 2.78. The van der Waals surface area contributed by atoms with E-state index in [2.05, 4.69) is 4.85 Å². The molecule has 2 aromatic rings. The van der Waals surface area contributed by atoms with Crippen molar-refractivity contribution in [2.75, 3.05) is 7.11 Å². The van der Waals surface area contributed by atoms with Crippen molar-refractivity contribution in [1.82, 2.24) is 0 Å². The van der Waals surface area contributed by atoms with Gasteiger partial charge < -0.3 is 4.74 Å². The van der Waals surface area contributed by atoms with Gasteiger partial charge in [0.2, 0.25) is 0 Å². The number of ether oxygens (including phenoxy) is 1. The molecular weight excluding hydrogens is 222 g/mol. The highest BCUT2D eigenvalue weighted by Gasteiger charge is 2.00. The van der Waals surface area contributed by atoms with Crippen LogP contribution in [0.1, 0.15) is 11.1 Å². The maximum Gasteiger partial charge on any atom is 0.194 e. The van der Waals surface area contributed by atoms with Crippen molar-refractivity contribution in [2.45, 2.75) is 0 Å². The zero-order chi connectivity index (χ0) is 12.8. The van der Waals surface area contributed by atoms with E-state index in [9.17, 15) is 0 Å². The standard InChI is InChI=1S/C16H13NO/c1-17-16(14-6-4-3-5-7-14)12-13-8-10-15(18-2)11-9-13/h3-12H,2H3/b16-12-. The molecule has 0 heterocycles. The van der Waals surface area contributed by atoms with E-state index in [0.717, 1.165) is 16.9 Å². The Kier molecular flexibility index (Phi) is 3.78. The molecule has 0 aliphatic rings. The SMILES string of the molecule is [C-]#[N+]/C(=C\c1ccc(OC)cc1)c1ccccc1. The number of nitrogens with zero attached hydrogens (tertiary/aromatic N) is 1. The highest BCUT2D eigenvalue weighted by molar-refractivity contribution is 5.85. The molecule has 0 saturated carbocycles. The van der Waals surface area contributed by atoms with Crippen LogP contribution in [0.3, 0.4) is 0 Å². The normalized spacial score (nSPS) is 10.8. The fourth-order valence-electron chi connectivity index (χ4n) is 1.65. The Bertz CT molecular complexity index is 577. The molecule has 2 nitrogen and oxygen atoms in total. The van der Waals surface area contributed by atoms with Gasteiger partial charge in [-0.15, -0.1) is 0 Å². The van der Waals surface area contributed by atoms with Crippen LogP contribution in [-0.4, -0.2) is 7.11 Å². The van der Waals surface area contributed by atoms with E-state index in [4.69, 9.17) is 11.3 Å². The maximum atomic E-state index is 7.26. The summed E-state index contributed by atoms with van der Waals surface area (Å²) in [7, 11) is 1.64. The summed E-state index contributed by atoms with van der Waals surface area (Å²) in [5, 5.41) is 0. The van der Waals surface area contributed by atoms with Crippen LogP contribution in [0, 0.1) is 6.57 Å². The van der Waals surface area contributed by atoms with Crippen molar-refractivity contribution in [3.8, 4) is 5.75 Å². The molecule has 2 aromatic carbocycles. The number of methoxy groups -OCH3 is 1. The fraction of sp³-hybridized carbons (Fsp3) is 0.0625. The van der Waals surface area contributed by atoms with Crippen molar-refractivity contribution in [3.05, 3.63) is 77.1 Å². The van der Waals surface area contributed by atoms with Crippen LogP contribution >= 0.6 is 0 Å². The molecule has 0 aliphatic carbocycles. The maximum absolute atomic E-state index is 7.26. The summed E-state index contributed by atoms with van der Waals surface area (Å²) < 4.78 is 5.10. The van der Waals surface area contributed by atoms with Crippen molar-refractivity contribution >= 4 is 11.8 Å². The van der Waals surface area contributed by atoms with E-state index >= 15 is 0 Å². The first-order chi connectivity index (χ1) is 8.83. The van der Waals surface area contributed by atoms with Gasteiger partial charge in [0.05, 0.1) is 13.7 Å². The molecule has 0 atom stereocenters. The highest BCUT2D eigenvalue weighted by Crippen LogP contribution is 2.20. The Balaban J connectivity index is 2.33. The summed E-state index contributed by atoms with van der Waals surface area (Å²) in [6, 6.07) is 17.3. The van der Waals surface area contributed by atoms with Crippen molar-refractivity contribution < 1.29 is 4.74 Å². The quantitative estimate of drug-likeness (QED) is 0.576. The summed E-state index contributed by atoms with van der Waals surface area (Å²) in [5.41, 5.74) is 2.56. The van der Waals surface area contributed by atoms with Crippen LogP contribution in [0.15, 0.2) is 54.6 Å². The summed E-state index contributed by atoms with van der Waals surface area (Å²) in [4.78, 5) is 3.58. The largest absolute Gasteiger partial charge is 0.497 e. The lowest BCUT2D eigenvalue weighted by Crippen LogP contribution is -1.82. The monoisotopic (exact) mass is 235 g/mol. The Morgan fingerprint density at radius 1 is 1.06 bits per heavy atom. The first-order valence-corrected chi connectivity index (χ1v) is 5.62. The zero-order valence-corrected chi connectivity index (χ0v) is 10.1. The molecule has 0 radical (unpaired) electrons. The average molecular weight is 235 g/mol. The molecule has 2 heteroatoms. The molecule has 0 amide bonds. The van der Waals surface area contributed by atoms with Gasteiger partial charge >= 0.3 is 0 Å². The third-order valence-electron chi connectivity index (χ3n) is 2.61. The van der Waals surface area contributed by atoms with Crippen LogP contribution in [0.25, 0.3) is 16.6 Å². The Labute approximate surface area is 107 Å². The van der Waals surface area contributed by atoms with Gasteiger partial charge in [0, 0.05) is 0 Å². The smallest absolute Gasteiger partial charge is 0.194 e. The Morgan fingerprint density at radius 2 is 1.72 bits per heavy atom. The minimum absolute atomic E-state index is 0.640. The van der Waals surface area contributed by atoms with Gasteiger partial charge in [-0.2, -0.15) is 0 Å². The van der Waals surface area contributed by atoms with E-state index in [1.165, 1.54) is 0 Å². The van der Waals surface area contributed by atoms with Crippen molar-refractivity contribution in [3.63, 3.8) is 0 Å². The average Bonchev–Trinajstić information content (AvgIpc) is 2.46. The predicted octanol–water partition coefficient (Wildman–Crippen LogP) is 4.11. The van der Waals surface area contributed by atoms with E-state index < -0.39 is 0 Å². The lowest BCUT2D eigenvalue weighted by molar-refractivity contribution is 0.415. The first-order valence-electron chi connectivity index (χ1n) is 5.62. The predicted molar refractivity (Wildman–Crippen MR) is 73.9 cm³/mol. The summed E-state index contributed by atoms with van der Waals surface area (Å²) in [6.45, 7) is 7.26. The second-order valence-corrected chi connectivity index (χ2v) is 3.78. The van der Waals surface area contributed by atoms with Crippen LogP contribution in [0.2, 0.25) is 0 Å². The second kappa shape index (κ2) is 5.70. The van der Waals surface area contributed by atoms with E-state index in [-0.39, 0.29) is 0 Å². The lowest BCUT2D eigenvalue weighted by Gasteiger charge is -2.01. The van der Waals surface area contributed by atoms with Gasteiger partial charge in [-0.05, 0) is 29.3 Å². The molecular formula is C16H13NO. The van der Waals surface area contributed by atoms with Crippen LogP contribution in [0.4, 0.5) is 0 Å². The van der Waals surface area contributed by atoms with Crippen molar-refractivity contribution in [2.24, 2.45) is 0 Å². The number of benzene rings is 2. The minimum atomic E-state index is 0.640. The van der Waals surface area contributed by atoms with Gasteiger partial charge in [-0.1, -0.05) is 42.5 Å². The molecule has 0 bridgehead atoms. The Morgan fingerprint density at radius 3 is 2.28 bits per heavy atom. The number of hydrogen-bond donors (Lipinski definition) is 0. The van der Waals surface area contributed by atoms with Gasteiger partial charge in [-0.3, -0.25) is 0 Å². The minimum Gasteiger partial charge on any atom is -0.497 e. The van der Waals surface area contributed by atoms with Gasteiger partial charge in [0.15, 0.2) is 5.70 Å². The van der Waals surface area contributed by atoms with Crippen LogP contribution in [-0.2, 0) is 0 Å². The zero-order valence-electron chi connectivity index (χ0n) is 10.1. The molecule has 2 rings (SSSR count).